The molecular formula is C23H48NO8P. The molecule has 2 unspecified atom stereocenters. The summed E-state index contributed by atoms with van der Waals surface area (Å²) in [5.74, 6) is -0.539. The summed E-state index contributed by atoms with van der Waals surface area (Å²) in [6, 6.07) is 0. The summed E-state index contributed by atoms with van der Waals surface area (Å²) in [4.78, 5) is 26.2. The Morgan fingerprint density at radius 2 is 1.33 bits per heavy atom. The zero-order valence-electron chi connectivity index (χ0n) is 20.5. The SMILES string of the molecule is CCCCCCCCCCCCCCCCCC(=O)C(OP(=O)(O)OCCN)[C@H](CO)OO. The van der Waals surface area contributed by atoms with Gasteiger partial charge in [-0.1, -0.05) is 96.8 Å². The number of aliphatic hydroxyl groups is 1. The number of Topliss-reactive ketones (excluding diaryl/α,β-unsaturated/α-hetero) is 1. The van der Waals surface area contributed by atoms with Gasteiger partial charge in [0.2, 0.25) is 0 Å². The Bertz CT molecular complexity index is 505. The second kappa shape index (κ2) is 22.1. The van der Waals surface area contributed by atoms with Gasteiger partial charge >= 0.3 is 7.82 Å². The van der Waals surface area contributed by atoms with Gasteiger partial charge in [-0.2, -0.15) is 0 Å². The smallest absolute Gasteiger partial charge is 0.393 e. The molecule has 0 saturated heterocycles. The van der Waals surface area contributed by atoms with Gasteiger partial charge in [-0.15, -0.1) is 0 Å². The number of rotatable bonds is 25. The van der Waals surface area contributed by atoms with Crippen molar-refractivity contribution in [3.63, 3.8) is 0 Å². The van der Waals surface area contributed by atoms with Gasteiger partial charge in [-0.05, 0) is 6.42 Å². The molecular weight excluding hydrogens is 449 g/mol. The molecule has 0 aliphatic rings. The first-order chi connectivity index (χ1) is 15.9. The van der Waals surface area contributed by atoms with E-state index in [1.54, 1.807) is 0 Å². The van der Waals surface area contributed by atoms with E-state index in [1.807, 2.05) is 0 Å². The van der Waals surface area contributed by atoms with Gasteiger partial charge in [0.1, 0.15) is 6.10 Å². The van der Waals surface area contributed by atoms with Crippen LogP contribution >= 0.6 is 7.82 Å². The third-order valence-corrected chi connectivity index (χ3v) is 6.62. The third-order valence-electron chi connectivity index (χ3n) is 5.62. The lowest BCUT2D eigenvalue weighted by molar-refractivity contribution is -0.298. The number of phosphoric ester groups is 1. The lowest BCUT2D eigenvalue weighted by Gasteiger charge is -2.24. The summed E-state index contributed by atoms with van der Waals surface area (Å²) >= 11 is 0. The molecule has 9 nitrogen and oxygen atoms in total. The fraction of sp³-hybridized carbons (Fsp3) is 0.957. The zero-order chi connectivity index (χ0) is 24.8. The summed E-state index contributed by atoms with van der Waals surface area (Å²) < 4.78 is 21.4. The van der Waals surface area contributed by atoms with Crippen molar-refractivity contribution in [1.29, 1.82) is 0 Å². The van der Waals surface area contributed by atoms with Crippen LogP contribution in [-0.4, -0.2) is 53.0 Å². The minimum absolute atomic E-state index is 0.00836. The summed E-state index contributed by atoms with van der Waals surface area (Å²) in [6.45, 7) is 1.23. The van der Waals surface area contributed by atoms with Crippen LogP contribution in [0.3, 0.4) is 0 Å². The summed E-state index contributed by atoms with van der Waals surface area (Å²) in [5, 5.41) is 18.2. The number of nitrogens with two attached hydrogens (primary N) is 1. The lowest BCUT2D eigenvalue weighted by Crippen LogP contribution is -2.40. The molecule has 0 aromatic carbocycles. The molecule has 0 spiro atoms. The molecule has 0 radical (unpaired) electrons. The molecule has 0 fully saturated rings. The van der Waals surface area contributed by atoms with Crippen LogP contribution in [0.5, 0.6) is 0 Å². The van der Waals surface area contributed by atoms with E-state index in [1.165, 1.54) is 70.6 Å². The highest BCUT2D eigenvalue weighted by molar-refractivity contribution is 7.47. The second-order valence-corrected chi connectivity index (χ2v) is 10.0. The van der Waals surface area contributed by atoms with Crippen LogP contribution in [0.4, 0.5) is 0 Å². The Labute approximate surface area is 199 Å². The molecule has 10 heteroatoms. The zero-order valence-corrected chi connectivity index (χ0v) is 21.4. The van der Waals surface area contributed by atoms with E-state index in [0.717, 1.165) is 19.3 Å². The quantitative estimate of drug-likeness (QED) is 0.0583. The maximum atomic E-state index is 12.4. The maximum absolute atomic E-state index is 12.4. The molecule has 3 atom stereocenters. The van der Waals surface area contributed by atoms with Crippen LogP contribution < -0.4 is 5.73 Å². The van der Waals surface area contributed by atoms with E-state index in [9.17, 15) is 19.4 Å². The van der Waals surface area contributed by atoms with Gasteiger partial charge in [0.15, 0.2) is 11.9 Å². The molecule has 0 aromatic rings. The largest absolute Gasteiger partial charge is 0.473 e. The topological polar surface area (TPSA) is 149 Å². The Morgan fingerprint density at radius 1 is 0.879 bits per heavy atom. The van der Waals surface area contributed by atoms with Crippen molar-refractivity contribution in [2.24, 2.45) is 5.73 Å². The van der Waals surface area contributed by atoms with Crippen molar-refractivity contribution in [2.45, 2.75) is 122 Å². The number of carbonyl (C=O) groups is 1. The Hall–Kier alpha value is -0.380. The van der Waals surface area contributed by atoms with Gasteiger partial charge in [-0.25, -0.2) is 9.45 Å². The summed E-state index contributed by atoms with van der Waals surface area (Å²) in [5.41, 5.74) is 5.22. The molecule has 0 aromatic heterocycles. The van der Waals surface area contributed by atoms with Crippen molar-refractivity contribution in [2.75, 3.05) is 19.8 Å². The second-order valence-electron chi connectivity index (χ2n) is 8.61. The number of phosphoric acid groups is 1. The third kappa shape index (κ3) is 18.6. The standard InChI is InChI=1S/C23H48NO8P/c1-2-3-4-5-6-7-8-9-10-11-12-13-14-15-16-17-21(26)23(22(20-25)31-27)32-33(28,29)30-19-18-24/h22-23,25,27H,2-20,24H2,1H3,(H,28,29)/t22-,23?/m0/s1. The fourth-order valence-corrected chi connectivity index (χ4v) is 4.61. The van der Waals surface area contributed by atoms with Crippen LogP contribution in [0.25, 0.3) is 0 Å². The normalized spacial score (nSPS) is 15.3. The van der Waals surface area contributed by atoms with Crippen molar-refractivity contribution in [3.05, 3.63) is 0 Å². The predicted molar refractivity (Wildman–Crippen MR) is 129 cm³/mol. The Kier molecular flexibility index (Phi) is 21.9. The van der Waals surface area contributed by atoms with Gasteiger partial charge in [0.05, 0.1) is 13.2 Å². The highest BCUT2D eigenvalue weighted by Gasteiger charge is 2.37. The molecule has 0 heterocycles. The number of hydrogen-bond donors (Lipinski definition) is 4. The van der Waals surface area contributed by atoms with E-state index in [-0.39, 0.29) is 19.6 Å². The van der Waals surface area contributed by atoms with Crippen LogP contribution in [0.15, 0.2) is 0 Å². The molecule has 0 aliphatic carbocycles. The summed E-state index contributed by atoms with van der Waals surface area (Å²) in [7, 11) is -4.58. The molecule has 0 amide bonds. The van der Waals surface area contributed by atoms with Crippen molar-refractivity contribution < 1.29 is 38.6 Å². The van der Waals surface area contributed by atoms with Crippen molar-refractivity contribution in [3.8, 4) is 0 Å². The Balaban J connectivity index is 3.94. The van der Waals surface area contributed by atoms with Crippen molar-refractivity contribution in [1.82, 2.24) is 0 Å². The first kappa shape index (κ1) is 32.6. The fourth-order valence-electron chi connectivity index (χ4n) is 3.67. The van der Waals surface area contributed by atoms with Gasteiger partial charge in [-0.3, -0.25) is 19.1 Å². The molecule has 0 bridgehead atoms. The van der Waals surface area contributed by atoms with Crippen LogP contribution in [0.1, 0.15) is 110 Å². The summed E-state index contributed by atoms with van der Waals surface area (Å²) in [6.07, 6.45) is 15.0. The number of carbonyl (C=O) groups excluding carboxylic acids is 1. The minimum Gasteiger partial charge on any atom is -0.393 e. The van der Waals surface area contributed by atoms with E-state index >= 15 is 0 Å². The minimum atomic E-state index is -4.58. The Morgan fingerprint density at radius 3 is 1.73 bits per heavy atom. The average molecular weight is 498 g/mol. The van der Waals surface area contributed by atoms with E-state index < -0.39 is 32.4 Å². The number of aliphatic hydroxyl groups excluding tert-OH is 1. The maximum Gasteiger partial charge on any atom is 0.473 e. The first-order valence-corrected chi connectivity index (χ1v) is 14.2. The molecule has 0 rings (SSSR count). The monoisotopic (exact) mass is 497 g/mol. The van der Waals surface area contributed by atoms with Gasteiger partial charge in [0, 0.05) is 13.0 Å². The van der Waals surface area contributed by atoms with Crippen molar-refractivity contribution >= 4 is 13.6 Å². The molecule has 5 N–H and O–H groups in total. The first-order valence-electron chi connectivity index (χ1n) is 12.7. The average Bonchev–Trinajstić information content (AvgIpc) is 2.80. The van der Waals surface area contributed by atoms with E-state index in [4.69, 9.17) is 15.5 Å². The number of ketones is 1. The van der Waals surface area contributed by atoms with Crippen LogP contribution in [0, 0.1) is 0 Å². The lowest BCUT2D eigenvalue weighted by atomic mass is 10.0. The highest BCUT2D eigenvalue weighted by Crippen LogP contribution is 2.45. The highest BCUT2D eigenvalue weighted by atomic mass is 31.2. The number of unbranched alkanes of at least 4 members (excludes halogenated alkanes) is 14. The molecule has 198 valence electrons. The molecule has 0 aliphatic heterocycles. The van der Waals surface area contributed by atoms with Crippen LogP contribution in [0.2, 0.25) is 0 Å². The molecule has 33 heavy (non-hydrogen) atoms. The van der Waals surface area contributed by atoms with E-state index in [2.05, 4.69) is 16.3 Å². The van der Waals surface area contributed by atoms with Crippen LogP contribution in [-0.2, 0) is 23.3 Å². The molecule has 0 saturated carbocycles. The van der Waals surface area contributed by atoms with E-state index in [0.29, 0.717) is 6.42 Å². The van der Waals surface area contributed by atoms with Gasteiger partial charge in [0.25, 0.3) is 0 Å². The number of hydrogen-bond acceptors (Lipinski definition) is 8. The van der Waals surface area contributed by atoms with Gasteiger partial charge < -0.3 is 15.7 Å². The predicted octanol–water partition coefficient (Wildman–Crippen LogP) is 5.13.